The molecular formula is C17H22N4. The van der Waals surface area contributed by atoms with E-state index in [9.17, 15) is 0 Å². The number of hydrogen-bond donors (Lipinski definition) is 1. The van der Waals surface area contributed by atoms with Gasteiger partial charge < -0.3 is 5.32 Å². The van der Waals surface area contributed by atoms with Gasteiger partial charge in [-0.25, -0.2) is 9.97 Å². The van der Waals surface area contributed by atoms with E-state index in [4.69, 9.17) is 0 Å². The first-order chi connectivity index (χ1) is 10.4. The molecule has 1 N–H and O–H groups in total. The van der Waals surface area contributed by atoms with Crippen molar-refractivity contribution < 1.29 is 0 Å². The van der Waals surface area contributed by atoms with Crippen molar-refractivity contribution in [2.45, 2.75) is 25.4 Å². The maximum Gasteiger partial charge on any atom is 0.115 e. The molecule has 1 aliphatic rings. The molecule has 1 saturated heterocycles. The number of hydrogen-bond acceptors (Lipinski definition) is 4. The van der Waals surface area contributed by atoms with E-state index in [-0.39, 0.29) is 0 Å². The van der Waals surface area contributed by atoms with Crippen LogP contribution >= 0.6 is 0 Å². The van der Waals surface area contributed by atoms with Crippen molar-refractivity contribution in [2.24, 2.45) is 0 Å². The highest BCUT2D eigenvalue weighted by molar-refractivity contribution is 5.16. The molecule has 1 aromatic carbocycles. The Balaban J connectivity index is 1.61. The predicted octanol–water partition coefficient (Wildman–Crippen LogP) is 1.88. The Morgan fingerprint density at radius 3 is 2.90 bits per heavy atom. The topological polar surface area (TPSA) is 41.1 Å². The second kappa shape index (κ2) is 7.29. The molecule has 110 valence electrons. The van der Waals surface area contributed by atoms with Crippen molar-refractivity contribution in [3.05, 3.63) is 60.2 Å². The number of aromatic nitrogens is 2. The molecule has 3 rings (SSSR count). The molecule has 1 aromatic heterocycles. The minimum Gasteiger partial charge on any atom is -0.312 e. The standard InChI is InChI=1S/C17H22N4/c1-2-5-15(6-3-1)11-17-13-21(10-4-8-19-17)12-16-7-9-18-14-20-16/h1-3,5-7,9,14,17,19H,4,8,10-13H2. The summed E-state index contributed by atoms with van der Waals surface area (Å²) in [6.45, 7) is 4.20. The van der Waals surface area contributed by atoms with E-state index in [2.05, 4.69) is 50.5 Å². The van der Waals surface area contributed by atoms with Crippen LogP contribution in [0.1, 0.15) is 17.7 Å². The van der Waals surface area contributed by atoms with E-state index in [1.54, 1.807) is 6.33 Å². The zero-order valence-corrected chi connectivity index (χ0v) is 12.3. The van der Waals surface area contributed by atoms with Gasteiger partial charge in [-0.15, -0.1) is 0 Å². The fraction of sp³-hybridized carbons (Fsp3) is 0.412. The van der Waals surface area contributed by atoms with Gasteiger partial charge in [0.2, 0.25) is 0 Å². The second-order valence-electron chi connectivity index (χ2n) is 5.63. The van der Waals surface area contributed by atoms with Gasteiger partial charge in [0.15, 0.2) is 0 Å². The molecule has 0 spiro atoms. The Kier molecular flexibility index (Phi) is 4.92. The van der Waals surface area contributed by atoms with Crippen LogP contribution in [0.2, 0.25) is 0 Å². The van der Waals surface area contributed by atoms with Crippen LogP contribution in [0.25, 0.3) is 0 Å². The summed E-state index contributed by atoms with van der Waals surface area (Å²) in [5.74, 6) is 0. The van der Waals surface area contributed by atoms with Crippen molar-refractivity contribution in [3.8, 4) is 0 Å². The van der Waals surface area contributed by atoms with Gasteiger partial charge >= 0.3 is 0 Å². The minimum absolute atomic E-state index is 0.511. The second-order valence-corrected chi connectivity index (χ2v) is 5.63. The third-order valence-electron chi connectivity index (χ3n) is 3.92. The zero-order chi connectivity index (χ0) is 14.3. The Morgan fingerprint density at radius 2 is 2.10 bits per heavy atom. The van der Waals surface area contributed by atoms with Crippen molar-refractivity contribution in [1.82, 2.24) is 20.2 Å². The van der Waals surface area contributed by atoms with Crippen LogP contribution in [0.3, 0.4) is 0 Å². The highest BCUT2D eigenvalue weighted by Crippen LogP contribution is 2.10. The lowest BCUT2D eigenvalue weighted by atomic mass is 10.1. The SMILES string of the molecule is c1ccc(CC2CN(Cc3ccncn3)CCCN2)cc1. The summed E-state index contributed by atoms with van der Waals surface area (Å²) >= 11 is 0. The van der Waals surface area contributed by atoms with Crippen molar-refractivity contribution >= 4 is 0 Å². The maximum absolute atomic E-state index is 4.34. The molecule has 4 heteroatoms. The molecule has 4 nitrogen and oxygen atoms in total. The van der Waals surface area contributed by atoms with Gasteiger partial charge in [0.25, 0.3) is 0 Å². The molecule has 1 atom stereocenters. The molecule has 1 aliphatic heterocycles. The third-order valence-corrected chi connectivity index (χ3v) is 3.92. The fourth-order valence-electron chi connectivity index (χ4n) is 2.90. The molecule has 0 bridgehead atoms. The fourth-order valence-corrected chi connectivity index (χ4v) is 2.90. The first kappa shape index (κ1) is 14.2. The molecule has 1 unspecified atom stereocenters. The molecule has 21 heavy (non-hydrogen) atoms. The van der Waals surface area contributed by atoms with Gasteiger partial charge in [-0.2, -0.15) is 0 Å². The number of nitrogens with zero attached hydrogens (tertiary/aromatic N) is 3. The van der Waals surface area contributed by atoms with Crippen LogP contribution < -0.4 is 5.32 Å². The van der Waals surface area contributed by atoms with E-state index >= 15 is 0 Å². The van der Waals surface area contributed by atoms with E-state index in [1.165, 1.54) is 12.0 Å². The van der Waals surface area contributed by atoms with Crippen LogP contribution in [0, 0.1) is 0 Å². The van der Waals surface area contributed by atoms with Crippen molar-refractivity contribution in [2.75, 3.05) is 19.6 Å². The summed E-state index contributed by atoms with van der Waals surface area (Å²) in [4.78, 5) is 10.8. The van der Waals surface area contributed by atoms with Gasteiger partial charge in [-0.05, 0) is 37.6 Å². The summed E-state index contributed by atoms with van der Waals surface area (Å²) in [7, 11) is 0. The summed E-state index contributed by atoms with van der Waals surface area (Å²) in [6.07, 6.45) is 5.73. The van der Waals surface area contributed by atoms with Gasteiger partial charge in [-0.3, -0.25) is 4.90 Å². The predicted molar refractivity (Wildman–Crippen MR) is 83.9 cm³/mol. The van der Waals surface area contributed by atoms with E-state index in [0.717, 1.165) is 38.3 Å². The van der Waals surface area contributed by atoms with E-state index in [0.29, 0.717) is 6.04 Å². The molecule has 2 aromatic rings. The first-order valence-electron chi connectivity index (χ1n) is 7.65. The van der Waals surface area contributed by atoms with Gasteiger partial charge in [0, 0.05) is 25.3 Å². The molecule has 0 saturated carbocycles. The smallest absolute Gasteiger partial charge is 0.115 e. The van der Waals surface area contributed by atoms with Crippen LogP contribution in [0.5, 0.6) is 0 Å². The van der Waals surface area contributed by atoms with Crippen LogP contribution in [-0.2, 0) is 13.0 Å². The molecule has 2 heterocycles. The Bertz CT molecular complexity index is 480. The highest BCUT2D eigenvalue weighted by atomic mass is 15.2. The third kappa shape index (κ3) is 4.34. The van der Waals surface area contributed by atoms with Crippen molar-refractivity contribution in [3.63, 3.8) is 0 Å². The van der Waals surface area contributed by atoms with Crippen LogP contribution in [-0.4, -0.2) is 40.5 Å². The van der Waals surface area contributed by atoms with Gasteiger partial charge in [-0.1, -0.05) is 30.3 Å². The highest BCUT2D eigenvalue weighted by Gasteiger charge is 2.18. The molecular weight excluding hydrogens is 260 g/mol. The Morgan fingerprint density at radius 1 is 1.19 bits per heavy atom. The maximum atomic E-state index is 4.34. The number of rotatable bonds is 4. The van der Waals surface area contributed by atoms with Crippen LogP contribution in [0.4, 0.5) is 0 Å². The zero-order valence-electron chi connectivity index (χ0n) is 12.3. The first-order valence-corrected chi connectivity index (χ1v) is 7.65. The number of benzene rings is 1. The normalized spacial score (nSPS) is 20.1. The number of nitrogens with one attached hydrogen (secondary N) is 1. The molecule has 0 amide bonds. The lowest BCUT2D eigenvalue weighted by Gasteiger charge is -2.24. The summed E-state index contributed by atoms with van der Waals surface area (Å²) in [5, 5.41) is 3.67. The van der Waals surface area contributed by atoms with Gasteiger partial charge in [0.05, 0.1) is 5.69 Å². The quantitative estimate of drug-likeness (QED) is 0.929. The lowest BCUT2D eigenvalue weighted by molar-refractivity contribution is 0.256. The summed E-state index contributed by atoms with van der Waals surface area (Å²) in [5.41, 5.74) is 2.50. The Labute approximate surface area is 126 Å². The monoisotopic (exact) mass is 282 g/mol. The average molecular weight is 282 g/mol. The molecule has 0 radical (unpaired) electrons. The Hall–Kier alpha value is -1.78. The van der Waals surface area contributed by atoms with E-state index in [1.807, 2.05) is 12.3 Å². The van der Waals surface area contributed by atoms with Crippen LogP contribution in [0.15, 0.2) is 48.9 Å². The largest absolute Gasteiger partial charge is 0.312 e. The lowest BCUT2D eigenvalue weighted by Crippen LogP contribution is -2.39. The molecule has 1 fully saturated rings. The molecule has 0 aliphatic carbocycles. The summed E-state index contributed by atoms with van der Waals surface area (Å²) in [6, 6.07) is 13.2. The van der Waals surface area contributed by atoms with E-state index < -0.39 is 0 Å². The van der Waals surface area contributed by atoms with Gasteiger partial charge in [0.1, 0.15) is 6.33 Å². The minimum atomic E-state index is 0.511. The van der Waals surface area contributed by atoms with Crippen molar-refractivity contribution in [1.29, 1.82) is 0 Å². The average Bonchev–Trinajstić information content (AvgIpc) is 2.74. The summed E-state index contributed by atoms with van der Waals surface area (Å²) < 4.78 is 0.